The molecule has 1 aromatic rings. The molecule has 16 heavy (non-hydrogen) atoms. The van der Waals surface area contributed by atoms with Crippen molar-refractivity contribution in [3.8, 4) is 0 Å². The molecule has 2 heterocycles. The first kappa shape index (κ1) is 11.5. The minimum Gasteiger partial charge on any atom is -0.379 e. The van der Waals surface area contributed by atoms with E-state index in [0.29, 0.717) is 0 Å². The van der Waals surface area contributed by atoms with E-state index in [0.717, 1.165) is 45.9 Å². The Bertz CT molecular complexity index is 286. The fourth-order valence-electron chi connectivity index (χ4n) is 1.80. The summed E-state index contributed by atoms with van der Waals surface area (Å²) in [5, 5.41) is 3.43. The molecule has 1 fully saturated rings. The van der Waals surface area contributed by atoms with Gasteiger partial charge in [-0.15, -0.1) is 0 Å². The van der Waals surface area contributed by atoms with Crippen LogP contribution in [-0.4, -0.2) is 49.3 Å². The molecular formula is C12H19N3O. The van der Waals surface area contributed by atoms with Crippen LogP contribution in [0.15, 0.2) is 24.5 Å². The molecule has 0 amide bonds. The van der Waals surface area contributed by atoms with Crippen molar-refractivity contribution in [2.75, 3.05) is 39.4 Å². The third-order valence-corrected chi connectivity index (χ3v) is 2.76. The molecule has 1 aliphatic rings. The van der Waals surface area contributed by atoms with Gasteiger partial charge in [-0.05, 0) is 11.6 Å². The van der Waals surface area contributed by atoms with Gasteiger partial charge in [0.1, 0.15) is 0 Å². The van der Waals surface area contributed by atoms with Crippen LogP contribution in [0.3, 0.4) is 0 Å². The molecule has 1 aliphatic heterocycles. The lowest BCUT2D eigenvalue weighted by molar-refractivity contribution is 0.0384. The number of ether oxygens (including phenoxy) is 1. The summed E-state index contributed by atoms with van der Waals surface area (Å²) in [6.45, 7) is 6.91. The molecule has 1 saturated heterocycles. The summed E-state index contributed by atoms with van der Waals surface area (Å²) < 4.78 is 5.30. The van der Waals surface area contributed by atoms with Crippen molar-refractivity contribution in [3.63, 3.8) is 0 Å². The highest BCUT2D eigenvalue weighted by molar-refractivity contribution is 5.07. The van der Waals surface area contributed by atoms with Gasteiger partial charge in [-0.25, -0.2) is 0 Å². The van der Waals surface area contributed by atoms with Crippen molar-refractivity contribution >= 4 is 0 Å². The maximum Gasteiger partial charge on any atom is 0.0594 e. The molecule has 0 spiro atoms. The number of morpholine rings is 1. The van der Waals surface area contributed by atoms with Crippen molar-refractivity contribution < 1.29 is 4.74 Å². The summed E-state index contributed by atoms with van der Waals surface area (Å²) in [4.78, 5) is 6.52. The third kappa shape index (κ3) is 3.89. The fraction of sp³-hybridized carbons (Fsp3) is 0.583. The minimum atomic E-state index is 0.878. The monoisotopic (exact) mass is 221 g/mol. The Morgan fingerprint density at radius 1 is 1.38 bits per heavy atom. The van der Waals surface area contributed by atoms with Gasteiger partial charge in [-0.3, -0.25) is 9.88 Å². The molecule has 2 rings (SSSR count). The molecule has 1 aromatic heterocycles. The average molecular weight is 221 g/mol. The molecule has 0 unspecified atom stereocenters. The van der Waals surface area contributed by atoms with Gasteiger partial charge in [0.15, 0.2) is 0 Å². The van der Waals surface area contributed by atoms with Crippen molar-refractivity contribution in [1.29, 1.82) is 0 Å². The Hall–Kier alpha value is -0.970. The van der Waals surface area contributed by atoms with Crippen LogP contribution in [0.2, 0.25) is 0 Å². The molecule has 4 nitrogen and oxygen atoms in total. The lowest BCUT2D eigenvalue weighted by Gasteiger charge is -2.26. The Kier molecular flexibility index (Phi) is 4.73. The highest BCUT2D eigenvalue weighted by Gasteiger charge is 2.08. The molecule has 0 aromatic carbocycles. The van der Waals surface area contributed by atoms with Crippen LogP contribution < -0.4 is 5.32 Å². The maximum atomic E-state index is 5.30. The van der Waals surface area contributed by atoms with Crippen LogP contribution in [0, 0.1) is 0 Å². The second-order valence-corrected chi connectivity index (χ2v) is 3.99. The Balaban J connectivity index is 1.58. The van der Waals surface area contributed by atoms with Crippen LogP contribution in [-0.2, 0) is 11.3 Å². The van der Waals surface area contributed by atoms with Gasteiger partial charge in [0.2, 0.25) is 0 Å². The molecular weight excluding hydrogens is 202 g/mol. The largest absolute Gasteiger partial charge is 0.379 e. The van der Waals surface area contributed by atoms with E-state index in [1.54, 1.807) is 6.20 Å². The summed E-state index contributed by atoms with van der Waals surface area (Å²) in [5.74, 6) is 0. The van der Waals surface area contributed by atoms with E-state index >= 15 is 0 Å². The van der Waals surface area contributed by atoms with Crippen LogP contribution in [0.1, 0.15) is 5.56 Å². The molecule has 88 valence electrons. The molecule has 0 radical (unpaired) electrons. The normalized spacial score (nSPS) is 17.5. The van der Waals surface area contributed by atoms with Crippen molar-refractivity contribution in [2.45, 2.75) is 6.54 Å². The predicted molar refractivity (Wildman–Crippen MR) is 63.2 cm³/mol. The predicted octanol–water partition coefficient (Wildman–Crippen LogP) is 0.503. The van der Waals surface area contributed by atoms with E-state index in [-0.39, 0.29) is 0 Å². The summed E-state index contributed by atoms with van der Waals surface area (Å²) in [6.07, 6.45) is 3.71. The molecule has 0 saturated carbocycles. The zero-order valence-electron chi connectivity index (χ0n) is 9.56. The second kappa shape index (κ2) is 6.58. The van der Waals surface area contributed by atoms with Gasteiger partial charge in [0, 0.05) is 45.1 Å². The van der Waals surface area contributed by atoms with E-state index in [1.165, 1.54) is 5.56 Å². The minimum absolute atomic E-state index is 0.878. The van der Waals surface area contributed by atoms with E-state index in [9.17, 15) is 0 Å². The Morgan fingerprint density at radius 2 is 2.25 bits per heavy atom. The molecule has 1 N–H and O–H groups in total. The number of hydrogen-bond donors (Lipinski definition) is 1. The molecule has 4 heteroatoms. The second-order valence-electron chi connectivity index (χ2n) is 3.99. The number of rotatable bonds is 5. The van der Waals surface area contributed by atoms with Gasteiger partial charge < -0.3 is 10.1 Å². The van der Waals surface area contributed by atoms with Crippen LogP contribution >= 0.6 is 0 Å². The number of nitrogens with one attached hydrogen (secondary N) is 1. The summed E-state index contributed by atoms with van der Waals surface area (Å²) in [7, 11) is 0. The first-order valence-electron chi connectivity index (χ1n) is 5.85. The highest BCUT2D eigenvalue weighted by Crippen LogP contribution is 1.96. The van der Waals surface area contributed by atoms with E-state index in [1.807, 2.05) is 12.3 Å². The first-order chi connectivity index (χ1) is 7.95. The zero-order chi connectivity index (χ0) is 11.1. The Morgan fingerprint density at radius 3 is 3.00 bits per heavy atom. The maximum absolute atomic E-state index is 5.30. The van der Waals surface area contributed by atoms with E-state index in [4.69, 9.17) is 4.74 Å². The van der Waals surface area contributed by atoms with E-state index < -0.39 is 0 Å². The SMILES string of the molecule is c1cncc(CNCCN2CCOCC2)c1. The summed E-state index contributed by atoms with van der Waals surface area (Å²) >= 11 is 0. The Labute approximate surface area is 96.6 Å². The van der Waals surface area contributed by atoms with Gasteiger partial charge in [0.05, 0.1) is 13.2 Å². The zero-order valence-corrected chi connectivity index (χ0v) is 9.56. The number of pyridine rings is 1. The van der Waals surface area contributed by atoms with Gasteiger partial charge in [-0.2, -0.15) is 0 Å². The van der Waals surface area contributed by atoms with Crippen LogP contribution in [0.25, 0.3) is 0 Å². The third-order valence-electron chi connectivity index (χ3n) is 2.76. The smallest absolute Gasteiger partial charge is 0.0594 e. The molecule has 0 atom stereocenters. The number of aromatic nitrogens is 1. The van der Waals surface area contributed by atoms with Crippen molar-refractivity contribution in [2.24, 2.45) is 0 Å². The first-order valence-corrected chi connectivity index (χ1v) is 5.85. The quantitative estimate of drug-likeness (QED) is 0.735. The van der Waals surface area contributed by atoms with Crippen molar-refractivity contribution in [1.82, 2.24) is 15.2 Å². The van der Waals surface area contributed by atoms with E-state index in [2.05, 4.69) is 21.3 Å². The van der Waals surface area contributed by atoms with Gasteiger partial charge in [0.25, 0.3) is 0 Å². The van der Waals surface area contributed by atoms with Gasteiger partial charge >= 0.3 is 0 Å². The van der Waals surface area contributed by atoms with Gasteiger partial charge in [-0.1, -0.05) is 6.07 Å². The number of hydrogen-bond acceptors (Lipinski definition) is 4. The lowest BCUT2D eigenvalue weighted by Crippen LogP contribution is -2.40. The molecule has 0 aliphatic carbocycles. The van der Waals surface area contributed by atoms with Crippen LogP contribution in [0.4, 0.5) is 0 Å². The standard InChI is InChI=1S/C12H19N3O/c1-2-12(10-13-3-1)11-14-4-5-15-6-8-16-9-7-15/h1-3,10,14H,4-9,11H2. The highest BCUT2D eigenvalue weighted by atomic mass is 16.5. The summed E-state index contributed by atoms with van der Waals surface area (Å²) in [5.41, 5.74) is 1.24. The number of nitrogens with zero attached hydrogens (tertiary/aromatic N) is 2. The van der Waals surface area contributed by atoms with Crippen molar-refractivity contribution in [3.05, 3.63) is 30.1 Å². The fourth-order valence-corrected chi connectivity index (χ4v) is 1.80. The summed E-state index contributed by atoms with van der Waals surface area (Å²) in [6, 6.07) is 4.06. The lowest BCUT2D eigenvalue weighted by atomic mass is 10.3. The average Bonchev–Trinajstić information content (AvgIpc) is 2.37. The topological polar surface area (TPSA) is 37.4 Å². The van der Waals surface area contributed by atoms with Crippen LogP contribution in [0.5, 0.6) is 0 Å². The molecule has 0 bridgehead atoms.